The number of hydrogen-bond acceptors (Lipinski definition) is 3. The molecule has 0 spiro atoms. The van der Waals surface area contributed by atoms with Gasteiger partial charge in [-0.1, -0.05) is 15.9 Å². The lowest BCUT2D eigenvalue weighted by Gasteiger charge is -2.30. The number of nitrogens with zero attached hydrogens (tertiary/aromatic N) is 3. The van der Waals surface area contributed by atoms with Crippen molar-refractivity contribution in [2.24, 2.45) is 5.73 Å². The summed E-state index contributed by atoms with van der Waals surface area (Å²) in [5.74, 6) is 0.00788. The summed E-state index contributed by atoms with van der Waals surface area (Å²) >= 11 is 3.40. The minimum atomic E-state index is 0.00788. The molecule has 1 saturated heterocycles. The normalized spacial score (nSPS) is 18.8. The van der Waals surface area contributed by atoms with Gasteiger partial charge in [0.25, 0.3) is 5.91 Å². The summed E-state index contributed by atoms with van der Waals surface area (Å²) in [5.41, 5.74) is 7.46. The number of hydrogen-bond donors (Lipinski definition) is 1. The molecule has 2 heterocycles. The number of halogens is 1. The van der Waals surface area contributed by atoms with Crippen molar-refractivity contribution < 1.29 is 4.79 Å². The Morgan fingerprint density at radius 2 is 2.10 bits per heavy atom. The molecule has 2 N–H and O–H groups in total. The first-order valence-electron chi connectivity index (χ1n) is 6.99. The first-order valence-corrected chi connectivity index (χ1v) is 7.78. The van der Waals surface area contributed by atoms with Gasteiger partial charge in [-0.05, 0) is 37.1 Å². The van der Waals surface area contributed by atoms with E-state index in [1.165, 1.54) is 0 Å². The molecular formula is C15H17BrN4O. The predicted molar refractivity (Wildman–Crippen MR) is 84.4 cm³/mol. The van der Waals surface area contributed by atoms with Crippen LogP contribution >= 0.6 is 15.9 Å². The van der Waals surface area contributed by atoms with Crippen LogP contribution < -0.4 is 5.73 Å². The Morgan fingerprint density at radius 3 is 2.81 bits per heavy atom. The summed E-state index contributed by atoms with van der Waals surface area (Å²) < 4.78 is 2.72. The molecule has 1 fully saturated rings. The van der Waals surface area contributed by atoms with Gasteiger partial charge in [-0.2, -0.15) is 5.10 Å². The summed E-state index contributed by atoms with van der Waals surface area (Å²) in [6.07, 6.45) is 5.34. The van der Waals surface area contributed by atoms with Crippen LogP contribution in [0.1, 0.15) is 23.2 Å². The SMILES string of the molecule is N[C@@H]1CCCN(C(=O)c2cnn(-c3ccc(Br)cc3)c2)C1. The predicted octanol–water partition coefficient (Wildman–Crippen LogP) is 2.20. The highest BCUT2D eigenvalue weighted by atomic mass is 79.9. The van der Waals surface area contributed by atoms with Crippen LogP contribution in [0.25, 0.3) is 5.69 Å². The van der Waals surface area contributed by atoms with Gasteiger partial charge in [-0.25, -0.2) is 4.68 Å². The van der Waals surface area contributed by atoms with Gasteiger partial charge in [0.05, 0.1) is 17.4 Å². The third-order valence-corrected chi connectivity index (χ3v) is 4.19. The minimum absolute atomic E-state index is 0.00788. The van der Waals surface area contributed by atoms with Gasteiger partial charge >= 0.3 is 0 Å². The minimum Gasteiger partial charge on any atom is -0.337 e. The first kappa shape index (κ1) is 14.3. The number of rotatable bonds is 2. The summed E-state index contributed by atoms with van der Waals surface area (Å²) in [5, 5.41) is 4.27. The van der Waals surface area contributed by atoms with Crippen LogP contribution in [-0.4, -0.2) is 39.7 Å². The Kier molecular flexibility index (Phi) is 4.07. The average molecular weight is 349 g/mol. The molecule has 2 aromatic rings. The quantitative estimate of drug-likeness (QED) is 0.904. The van der Waals surface area contributed by atoms with Crippen molar-refractivity contribution in [3.05, 3.63) is 46.7 Å². The number of carbonyl (C=O) groups excluding carboxylic acids is 1. The Bertz CT molecular complexity index is 637. The molecule has 5 nitrogen and oxygen atoms in total. The maximum atomic E-state index is 12.5. The Balaban J connectivity index is 1.78. The third-order valence-electron chi connectivity index (χ3n) is 3.67. The maximum absolute atomic E-state index is 12.5. The average Bonchev–Trinajstić information content (AvgIpc) is 2.97. The first-order chi connectivity index (χ1) is 10.1. The summed E-state index contributed by atoms with van der Waals surface area (Å²) in [7, 11) is 0. The van der Waals surface area contributed by atoms with E-state index in [1.807, 2.05) is 29.2 Å². The zero-order chi connectivity index (χ0) is 14.8. The van der Waals surface area contributed by atoms with Crippen molar-refractivity contribution in [3.63, 3.8) is 0 Å². The number of likely N-dealkylation sites (tertiary alicyclic amines) is 1. The van der Waals surface area contributed by atoms with Gasteiger partial charge < -0.3 is 10.6 Å². The van der Waals surface area contributed by atoms with Crippen molar-refractivity contribution in [1.82, 2.24) is 14.7 Å². The van der Waals surface area contributed by atoms with E-state index in [2.05, 4.69) is 21.0 Å². The van der Waals surface area contributed by atoms with Gasteiger partial charge in [0.15, 0.2) is 0 Å². The molecule has 1 amide bonds. The number of benzene rings is 1. The molecule has 1 aromatic heterocycles. The lowest BCUT2D eigenvalue weighted by Crippen LogP contribution is -2.45. The molecule has 1 aliphatic rings. The molecule has 3 rings (SSSR count). The number of amides is 1. The monoisotopic (exact) mass is 348 g/mol. The second-order valence-electron chi connectivity index (χ2n) is 5.30. The van der Waals surface area contributed by atoms with E-state index < -0.39 is 0 Å². The van der Waals surface area contributed by atoms with E-state index in [0.29, 0.717) is 12.1 Å². The van der Waals surface area contributed by atoms with Gasteiger partial charge in [0.1, 0.15) is 0 Å². The van der Waals surface area contributed by atoms with E-state index >= 15 is 0 Å². The van der Waals surface area contributed by atoms with E-state index in [4.69, 9.17) is 5.73 Å². The van der Waals surface area contributed by atoms with Gasteiger partial charge in [-0.3, -0.25) is 4.79 Å². The fraction of sp³-hybridized carbons (Fsp3) is 0.333. The molecule has 21 heavy (non-hydrogen) atoms. The van der Waals surface area contributed by atoms with Crippen molar-refractivity contribution in [1.29, 1.82) is 0 Å². The molecule has 1 aliphatic heterocycles. The fourth-order valence-corrected chi connectivity index (χ4v) is 2.81. The van der Waals surface area contributed by atoms with Crippen LogP contribution in [0, 0.1) is 0 Å². The number of aromatic nitrogens is 2. The highest BCUT2D eigenvalue weighted by Crippen LogP contribution is 2.16. The van der Waals surface area contributed by atoms with Crippen LogP contribution in [0.2, 0.25) is 0 Å². The van der Waals surface area contributed by atoms with Crippen molar-refractivity contribution in [2.75, 3.05) is 13.1 Å². The molecule has 0 radical (unpaired) electrons. The maximum Gasteiger partial charge on any atom is 0.257 e. The topological polar surface area (TPSA) is 64.2 Å². The molecule has 6 heteroatoms. The van der Waals surface area contributed by atoms with Gasteiger partial charge in [-0.15, -0.1) is 0 Å². The molecule has 0 bridgehead atoms. The van der Waals surface area contributed by atoms with Crippen molar-refractivity contribution >= 4 is 21.8 Å². The van der Waals surface area contributed by atoms with Crippen molar-refractivity contribution in [3.8, 4) is 5.69 Å². The van der Waals surface area contributed by atoms with Crippen LogP contribution in [0.4, 0.5) is 0 Å². The number of nitrogens with two attached hydrogens (primary N) is 1. The zero-order valence-corrected chi connectivity index (χ0v) is 13.2. The lowest BCUT2D eigenvalue weighted by atomic mass is 10.1. The Morgan fingerprint density at radius 1 is 1.33 bits per heavy atom. The van der Waals surface area contributed by atoms with E-state index in [-0.39, 0.29) is 11.9 Å². The van der Waals surface area contributed by atoms with Gasteiger partial charge in [0, 0.05) is 29.8 Å². The van der Waals surface area contributed by atoms with E-state index in [9.17, 15) is 4.79 Å². The van der Waals surface area contributed by atoms with Crippen molar-refractivity contribution in [2.45, 2.75) is 18.9 Å². The van der Waals surface area contributed by atoms with E-state index in [0.717, 1.165) is 29.5 Å². The lowest BCUT2D eigenvalue weighted by molar-refractivity contribution is 0.0709. The fourth-order valence-electron chi connectivity index (χ4n) is 2.55. The molecule has 1 aromatic carbocycles. The molecule has 0 unspecified atom stereocenters. The largest absolute Gasteiger partial charge is 0.337 e. The standard InChI is InChI=1S/C15H17BrN4O/c16-12-3-5-14(6-4-12)20-9-11(8-18-20)15(21)19-7-1-2-13(17)10-19/h3-6,8-9,13H,1-2,7,10,17H2/t13-/m1/s1. The van der Waals surface area contributed by atoms with Crippen LogP contribution in [0.5, 0.6) is 0 Å². The highest BCUT2D eigenvalue weighted by molar-refractivity contribution is 9.10. The summed E-state index contributed by atoms with van der Waals surface area (Å²) in [4.78, 5) is 14.3. The molecule has 1 atom stereocenters. The smallest absolute Gasteiger partial charge is 0.257 e. The third kappa shape index (κ3) is 3.16. The number of carbonyl (C=O) groups is 1. The molecule has 110 valence electrons. The second-order valence-corrected chi connectivity index (χ2v) is 6.22. The van der Waals surface area contributed by atoms with E-state index in [1.54, 1.807) is 17.1 Å². The molecule has 0 saturated carbocycles. The highest BCUT2D eigenvalue weighted by Gasteiger charge is 2.23. The van der Waals surface area contributed by atoms with Crippen LogP contribution in [-0.2, 0) is 0 Å². The van der Waals surface area contributed by atoms with Crippen LogP contribution in [0.15, 0.2) is 41.1 Å². The second kappa shape index (κ2) is 5.99. The van der Waals surface area contributed by atoms with Crippen LogP contribution in [0.3, 0.4) is 0 Å². The molecule has 0 aliphatic carbocycles. The Hall–Kier alpha value is -1.66. The summed E-state index contributed by atoms with van der Waals surface area (Å²) in [6.45, 7) is 1.40. The van der Waals surface area contributed by atoms with Gasteiger partial charge in [0.2, 0.25) is 0 Å². The summed E-state index contributed by atoms with van der Waals surface area (Å²) in [6, 6.07) is 7.87. The molecular weight excluding hydrogens is 332 g/mol. The number of piperidine rings is 1. The zero-order valence-electron chi connectivity index (χ0n) is 11.6. The Labute approximate surface area is 131 Å².